The summed E-state index contributed by atoms with van der Waals surface area (Å²) in [6.45, 7) is 4.15. The third-order valence-corrected chi connectivity index (χ3v) is 9.64. The quantitative estimate of drug-likeness (QED) is 0.255. The molecule has 43 heavy (non-hydrogen) atoms. The summed E-state index contributed by atoms with van der Waals surface area (Å²) in [5.41, 5.74) is -2.85. The van der Waals surface area contributed by atoms with Gasteiger partial charge in [-0.15, -0.1) is 0 Å². The Morgan fingerprint density at radius 2 is 1.67 bits per heavy atom. The zero-order valence-corrected chi connectivity index (χ0v) is 24.4. The molecule has 0 aromatic heterocycles. The monoisotopic (exact) mass is 617 g/mol. The summed E-state index contributed by atoms with van der Waals surface area (Å²) in [6.07, 6.45) is -4.70. The molecule has 0 radical (unpaired) electrons. The molecule has 2 aromatic rings. The number of phenols is 2. The van der Waals surface area contributed by atoms with Crippen LogP contribution in [0.2, 0.25) is 0 Å². The molecule has 0 saturated carbocycles. The lowest BCUT2D eigenvalue weighted by molar-refractivity contribution is -0.250. The zero-order valence-electron chi connectivity index (χ0n) is 23.6. The van der Waals surface area contributed by atoms with Crippen molar-refractivity contribution >= 4 is 27.7 Å². The number of ether oxygens (including phenoxy) is 2. The van der Waals surface area contributed by atoms with Crippen molar-refractivity contribution in [3.05, 3.63) is 57.6 Å². The summed E-state index contributed by atoms with van der Waals surface area (Å²) in [7, 11) is -3.31. The van der Waals surface area contributed by atoms with Crippen LogP contribution in [-0.4, -0.2) is 96.3 Å². The Bertz CT molecular complexity index is 1650. The molecule has 3 N–H and O–H groups in total. The second kappa shape index (κ2) is 10.4. The normalized spacial score (nSPS) is 30.4. The van der Waals surface area contributed by atoms with Crippen molar-refractivity contribution in [2.75, 3.05) is 20.2 Å². The Balaban J connectivity index is 1.40. The number of aliphatic hydroxyl groups is 1. The van der Waals surface area contributed by atoms with Gasteiger partial charge in [-0.2, -0.15) is 8.42 Å². The highest BCUT2D eigenvalue weighted by atomic mass is 32.3. The fourth-order valence-corrected chi connectivity index (χ4v) is 7.05. The summed E-state index contributed by atoms with van der Waals surface area (Å²) >= 11 is 0. The van der Waals surface area contributed by atoms with Gasteiger partial charge in [0.15, 0.2) is 23.6 Å². The van der Waals surface area contributed by atoms with Crippen LogP contribution < -0.4 is 0 Å². The molecule has 0 unspecified atom stereocenters. The van der Waals surface area contributed by atoms with Crippen LogP contribution in [0.15, 0.2) is 24.3 Å². The summed E-state index contributed by atoms with van der Waals surface area (Å²) in [4.78, 5) is 41.6. The van der Waals surface area contributed by atoms with E-state index < -0.39 is 87.5 Å². The van der Waals surface area contributed by atoms with Crippen molar-refractivity contribution in [3.63, 3.8) is 0 Å². The minimum Gasteiger partial charge on any atom is -0.507 e. The topological polar surface area (TPSA) is 186 Å². The highest BCUT2D eigenvalue weighted by Crippen LogP contribution is 2.52. The molecular weight excluding hydrogens is 586 g/mol. The maximum atomic E-state index is 13.5. The second-order valence-corrected chi connectivity index (χ2v) is 12.7. The van der Waals surface area contributed by atoms with Crippen molar-refractivity contribution in [1.82, 2.24) is 4.90 Å². The Morgan fingerprint density at radius 3 is 2.23 bits per heavy atom. The average molecular weight is 618 g/mol. The Hall–Kier alpha value is -3.24. The number of carbonyl (C=O) groups excluding carboxylic acids is 3. The smallest absolute Gasteiger partial charge is 0.400 e. The van der Waals surface area contributed by atoms with E-state index in [9.17, 15) is 38.1 Å². The number of Topliss-reactive ketones (excluding diaryl/α,β-unsaturated/α-hetero) is 1. The molecule has 0 amide bonds. The van der Waals surface area contributed by atoms with Crippen LogP contribution in [0.1, 0.15) is 75.8 Å². The van der Waals surface area contributed by atoms with Crippen LogP contribution in [-0.2, 0) is 39.5 Å². The van der Waals surface area contributed by atoms with E-state index in [1.54, 1.807) is 19.1 Å². The first-order chi connectivity index (χ1) is 20.3. The van der Waals surface area contributed by atoms with Crippen LogP contribution >= 0.6 is 0 Å². The number of hydrogen-bond donors (Lipinski definition) is 3. The summed E-state index contributed by atoms with van der Waals surface area (Å²) in [6, 6.07) is 5.57. The van der Waals surface area contributed by atoms with Gasteiger partial charge in [0.05, 0.1) is 30.4 Å². The molecule has 2 aliphatic heterocycles. The van der Waals surface area contributed by atoms with Gasteiger partial charge in [-0.25, -0.2) is 4.18 Å². The van der Waals surface area contributed by atoms with Crippen LogP contribution in [0.3, 0.4) is 0 Å². The first-order valence-corrected chi connectivity index (χ1v) is 15.2. The Kier molecular flexibility index (Phi) is 7.24. The highest BCUT2D eigenvalue weighted by Gasteiger charge is 2.51. The summed E-state index contributed by atoms with van der Waals surface area (Å²) in [5.74, 6) is -3.20. The molecule has 14 heteroatoms. The highest BCUT2D eigenvalue weighted by molar-refractivity contribution is 7.81. The van der Waals surface area contributed by atoms with Gasteiger partial charge in [-0.3, -0.25) is 23.5 Å². The van der Waals surface area contributed by atoms with Gasteiger partial charge in [-0.1, -0.05) is 24.3 Å². The predicted octanol–water partition coefficient (Wildman–Crippen LogP) is 1.29. The number of rotatable bonds is 7. The van der Waals surface area contributed by atoms with Crippen LogP contribution in [0.25, 0.3) is 0 Å². The Labute approximate surface area is 247 Å². The van der Waals surface area contributed by atoms with Gasteiger partial charge in [0.25, 0.3) is 0 Å². The number of aromatic hydroxyl groups is 2. The average Bonchev–Trinajstić information content (AvgIpc) is 3.80. The number of hydrogen-bond acceptors (Lipinski definition) is 13. The SMILES string of the molecule is COS(=O)(=O)O[C@@H]1[C@H](N2CC2)C[C@@H](O[C@H]2C[C@](O)(C(C)=O)Cc3c(O)c4c(c(O)c32)C(=O)c2ccccc2C4=O)O[C@@H]1C. The van der Waals surface area contributed by atoms with E-state index in [4.69, 9.17) is 13.7 Å². The Morgan fingerprint density at radius 1 is 1.07 bits per heavy atom. The van der Waals surface area contributed by atoms with E-state index in [-0.39, 0.29) is 40.7 Å². The van der Waals surface area contributed by atoms with E-state index in [0.717, 1.165) is 7.11 Å². The molecular formula is C29H31NO12S. The minimum absolute atomic E-state index is 0.0393. The molecule has 4 aliphatic rings. The van der Waals surface area contributed by atoms with E-state index in [0.29, 0.717) is 13.1 Å². The van der Waals surface area contributed by atoms with Gasteiger partial charge in [0.2, 0.25) is 0 Å². The van der Waals surface area contributed by atoms with Crippen molar-refractivity contribution in [1.29, 1.82) is 0 Å². The van der Waals surface area contributed by atoms with E-state index in [1.807, 2.05) is 4.90 Å². The molecule has 2 saturated heterocycles. The maximum absolute atomic E-state index is 13.5. The lowest BCUT2D eigenvalue weighted by Crippen LogP contribution is -2.53. The van der Waals surface area contributed by atoms with E-state index in [1.165, 1.54) is 19.1 Å². The van der Waals surface area contributed by atoms with E-state index >= 15 is 0 Å². The van der Waals surface area contributed by atoms with Gasteiger partial charge in [0.1, 0.15) is 23.2 Å². The zero-order chi connectivity index (χ0) is 31.0. The van der Waals surface area contributed by atoms with Gasteiger partial charge in [0, 0.05) is 60.6 Å². The number of ketones is 3. The summed E-state index contributed by atoms with van der Waals surface area (Å²) < 4.78 is 46.1. The number of carbonyl (C=O) groups is 3. The second-order valence-electron chi connectivity index (χ2n) is 11.4. The number of nitrogens with zero attached hydrogens (tertiary/aromatic N) is 1. The number of fused-ring (bicyclic) bond motifs is 3. The fourth-order valence-electron chi connectivity index (χ4n) is 6.42. The van der Waals surface area contributed by atoms with Crippen LogP contribution in [0, 0.1) is 0 Å². The lowest BCUT2D eigenvalue weighted by Gasteiger charge is -2.43. The largest absolute Gasteiger partial charge is 0.507 e. The maximum Gasteiger partial charge on any atom is 0.400 e. The minimum atomic E-state index is -4.29. The van der Waals surface area contributed by atoms with Gasteiger partial charge >= 0.3 is 10.4 Å². The molecule has 2 aliphatic carbocycles. The van der Waals surface area contributed by atoms with Crippen LogP contribution in [0.4, 0.5) is 0 Å². The van der Waals surface area contributed by atoms with Crippen molar-refractivity contribution in [2.24, 2.45) is 0 Å². The molecule has 230 valence electrons. The molecule has 2 aromatic carbocycles. The summed E-state index contributed by atoms with van der Waals surface area (Å²) in [5, 5.41) is 34.3. The number of benzene rings is 2. The molecule has 6 atom stereocenters. The molecule has 0 spiro atoms. The molecule has 0 bridgehead atoms. The molecule has 2 fully saturated rings. The molecule has 2 heterocycles. The lowest BCUT2D eigenvalue weighted by atomic mass is 9.72. The van der Waals surface area contributed by atoms with E-state index in [2.05, 4.69) is 4.18 Å². The first-order valence-electron chi connectivity index (χ1n) is 13.8. The third kappa shape index (κ3) is 4.96. The van der Waals surface area contributed by atoms with Crippen LogP contribution in [0.5, 0.6) is 11.5 Å². The standard InChI is InChI=1S/C29H31NO12S/c1-13-28(42-43(37,38)39-3)18(30-8-9-30)10-20(40-13)41-19-12-29(36,14(2)31)11-17-21(19)27(35)23-22(26(17)34)24(32)15-6-4-5-7-16(15)25(23)33/h4-7,13,18-20,28,34-36H,8-12H2,1-3H3/t13-,18-,19+,20-,28+,29+/m1/s1. The van der Waals surface area contributed by atoms with Gasteiger partial charge in [-0.05, 0) is 13.8 Å². The van der Waals surface area contributed by atoms with Crippen molar-refractivity contribution in [3.8, 4) is 11.5 Å². The first kappa shape index (κ1) is 29.8. The predicted molar refractivity (Wildman–Crippen MR) is 146 cm³/mol. The molecule has 6 rings (SSSR count). The third-order valence-electron chi connectivity index (χ3n) is 8.77. The van der Waals surface area contributed by atoms with Crippen molar-refractivity contribution < 1.29 is 56.0 Å². The number of phenolic OH excluding ortho intramolecular Hbond substituents is 2. The van der Waals surface area contributed by atoms with Gasteiger partial charge < -0.3 is 24.8 Å². The fraction of sp³-hybridized carbons (Fsp3) is 0.483. The van der Waals surface area contributed by atoms with Crippen molar-refractivity contribution in [2.45, 2.75) is 69.4 Å². The molecule has 13 nitrogen and oxygen atoms in total.